The molecule has 1 aromatic rings. The summed E-state index contributed by atoms with van der Waals surface area (Å²) in [4.78, 5) is 11.4. The monoisotopic (exact) mass is 244 g/mol. The van der Waals surface area contributed by atoms with Gasteiger partial charge in [-0.1, -0.05) is 40.2 Å². The van der Waals surface area contributed by atoms with E-state index in [0.29, 0.717) is 0 Å². The van der Waals surface area contributed by atoms with E-state index in [4.69, 9.17) is 11.6 Å². The maximum atomic E-state index is 11.4. The van der Waals surface area contributed by atoms with Gasteiger partial charge in [-0.05, 0) is 5.56 Å². The number of benzene rings is 1. The van der Waals surface area contributed by atoms with E-state index < -0.39 is 5.38 Å². The molecule has 0 N–H and O–H groups in total. The summed E-state index contributed by atoms with van der Waals surface area (Å²) < 4.78 is 0. The number of carbonyl (C=O) groups excluding carboxylic acids is 1. The predicted octanol–water partition coefficient (Wildman–Crippen LogP) is 2.93. The van der Waals surface area contributed by atoms with Crippen LogP contribution in [0.1, 0.15) is 20.7 Å². The van der Waals surface area contributed by atoms with Crippen LogP contribution in [-0.4, -0.2) is 11.2 Å². The van der Waals surface area contributed by atoms with Crippen LogP contribution in [0.3, 0.4) is 0 Å². The summed E-state index contributed by atoms with van der Waals surface area (Å²) in [6, 6.07) is 7.50. The van der Waals surface area contributed by atoms with Crippen LogP contribution in [0.2, 0.25) is 0 Å². The van der Waals surface area contributed by atoms with Gasteiger partial charge in [-0.3, -0.25) is 4.79 Å². The molecular formula is C9H6BrClO. The highest BCUT2D eigenvalue weighted by atomic mass is 79.9. The van der Waals surface area contributed by atoms with Crippen molar-refractivity contribution < 1.29 is 4.79 Å². The summed E-state index contributed by atoms with van der Waals surface area (Å²) in [5, 5.41) is -0.442. The van der Waals surface area contributed by atoms with Crippen molar-refractivity contribution in [1.82, 2.24) is 0 Å². The van der Waals surface area contributed by atoms with Crippen LogP contribution in [0.5, 0.6) is 0 Å². The first kappa shape index (κ1) is 8.27. The summed E-state index contributed by atoms with van der Waals surface area (Å²) in [6.45, 7) is 0. The first-order valence-corrected chi connectivity index (χ1v) is 4.98. The molecule has 0 saturated carbocycles. The first-order valence-electron chi connectivity index (χ1n) is 3.63. The molecule has 0 amide bonds. The van der Waals surface area contributed by atoms with E-state index in [-0.39, 0.29) is 10.6 Å². The smallest absolute Gasteiger partial charge is 0.182 e. The maximum absolute atomic E-state index is 11.4. The Hall–Kier alpha value is -0.340. The number of hydrogen-bond donors (Lipinski definition) is 0. The van der Waals surface area contributed by atoms with Crippen LogP contribution in [0.15, 0.2) is 24.3 Å². The number of carbonyl (C=O) groups is 1. The average molecular weight is 246 g/mol. The van der Waals surface area contributed by atoms with Gasteiger partial charge in [0.15, 0.2) is 5.78 Å². The summed E-state index contributed by atoms with van der Waals surface area (Å²) in [5.41, 5.74) is 1.75. The van der Waals surface area contributed by atoms with Gasteiger partial charge in [0.25, 0.3) is 0 Å². The van der Waals surface area contributed by atoms with Crippen molar-refractivity contribution in [3.05, 3.63) is 35.4 Å². The number of rotatable bonds is 0. The van der Waals surface area contributed by atoms with Crippen molar-refractivity contribution in [3.8, 4) is 0 Å². The summed E-state index contributed by atoms with van der Waals surface area (Å²) in [6.07, 6.45) is 0. The zero-order valence-corrected chi connectivity index (χ0v) is 8.47. The minimum Gasteiger partial charge on any atom is -0.292 e. The van der Waals surface area contributed by atoms with Crippen molar-refractivity contribution in [2.75, 3.05) is 0 Å². The van der Waals surface area contributed by atoms with Crippen molar-refractivity contribution in [1.29, 1.82) is 0 Å². The highest BCUT2D eigenvalue weighted by Gasteiger charge is 2.36. The Morgan fingerprint density at radius 3 is 2.67 bits per heavy atom. The number of halogens is 2. The SMILES string of the molecule is O=C1c2ccccc2[C@@H](Br)[C@@H]1Cl. The molecular weight excluding hydrogens is 239 g/mol. The third-order valence-electron chi connectivity index (χ3n) is 2.03. The molecule has 1 nitrogen and oxygen atoms in total. The Morgan fingerprint density at radius 1 is 1.33 bits per heavy atom. The van der Waals surface area contributed by atoms with E-state index >= 15 is 0 Å². The van der Waals surface area contributed by atoms with E-state index in [1.165, 1.54) is 0 Å². The number of fused-ring (bicyclic) bond motifs is 1. The van der Waals surface area contributed by atoms with E-state index in [2.05, 4.69) is 15.9 Å². The Kier molecular flexibility index (Phi) is 1.97. The molecule has 0 aromatic heterocycles. The van der Waals surface area contributed by atoms with Crippen LogP contribution in [-0.2, 0) is 0 Å². The third kappa shape index (κ3) is 1.02. The van der Waals surface area contributed by atoms with E-state index in [9.17, 15) is 4.79 Å². The number of Topliss-reactive ketones (excluding diaryl/α,β-unsaturated/α-hetero) is 1. The lowest BCUT2D eigenvalue weighted by Crippen LogP contribution is -2.08. The molecule has 3 heteroatoms. The molecule has 1 aliphatic rings. The fourth-order valence-electron chi connectivity index (χ4n) is 1.40. The van der Waals surface area contributed by atoms with Crippen LogP contribution >= 0.6 is 27.5 Å². The van der Waals surface area contributed by atoms with Gasteiger partial charge in [0.2, 0.25) is 0 Å². The zero-order valence-electron chi connectivity index (χ0n) is 6.13. The molecule has 62 valence electrons. The Balaban J connectivity index is 2.59. The van der Waals surface area contributed by atoms with Crippen LogP contribution in [0.25, 0.3) is 0 Å². The fraction of sp³-hybridized carbons (Fsp3) is 0.222. The van der Waals surface area contributed by atoms with Crippen molar-refractivity contribution >= 4 is 33.3 Å². The van der Waals surface area contributed by atoms with Gasteiger partial charge in [-0.15, -0.1) is 11.6 Å². The number of alkyl halides is 2. The topological polar surface area (TPSA) is 17.1 Å². The van der Waals surface area contributed by atoms with Gasteiger partial charge < -0.3 is 0 Å². The zero-order chi connectivity index (χ0) is 8.72. The second-order valence-corrected chi connectivity index (χ2v) is 4.21. The summed E-state index contributed by atoms with van der Waals surface area (Å²) in [7, 11) is 0. The summed E-state index contributed by atoms with van der Waals surface area (Å²) >= 11 is 9.27. The van der Waals surface area contributed by atoms with Gasteiger partial charge in [0.1, 0.15) is 5.38 Å². The molecule has 2 atom stereocenters. The molecule has 1 aromatic carbocycles. The molecule has 0 radical (unpaired) electrons. The molecule has 0 heterocycles. The second kappa shape index (κ2) is 2.86. The minimum atomic E-state index is -0.442. The molecule has 0 bridgehead atoms. The van der Waals surface area contributed by atoms with Gasteiger partial charge >= 0.3 is 0 Å². The molecule has 0 saturated heterocycles. The fourth-order valence-corrected chi connectivity index (χ4v) is 2.29. The van der Waals surface area contributed by atoms with Crippen LogP contribution in [0.4, 0.5) is 0 Å². The highest BCUT2D eigenvalue weighted by molar-refractivity contribution is 9.09. The Bertz CT molecular complexity index is 337. The van der Waals surface area contributed by atoms with Gasteiger partial charge in [0, 0.05) is 5.56 Å². The maximum Gasteiger partial charge on any atom is 0.182 e. The lowest BCUT2D eigenvalue weighted by Gasteiger charge is -2.02. The quantitative estimate of drug-likeness (QED) is 0.642. The van der Waals surface area contributed by atoms with Gasteiger partial charge in [-0.25, -0.2) is 0 Å². The van der Waals surface area contributed by atoms with Crippen LogP contribution in [0, 0.1) is 0 Å². The lowest BCUT2D eigenvalue weighted by molar-refractivity contribution is 0.0998. The molecule has 0 unspecified atom stereocenters. The standard InChI is InChI=1S/C9H6BrClO/c10-7-5-3-1-2-4-6(5)9(12)8(7)11/h1-4,7-8H/t7-,8+/m1/s1. The molecule has 0 fully saturated rings. The van der Waals surface area contributed by atoms with Crippen LogP contribution < -0.4 is 0 Å². The van der Waals surface area contributed by atoms with Crippen molar-refractivity contribution in [2.45, 2.75) is 10.2 Å². The van der Waals surface area contributed by atoms with Crippen molar-refractivity contribution in [3.63, 3.8) is 0 Å². The molecule has 12 heavy (non-hydrogen) atoms. The molecule has 1 aliphatic carbocycles. The Labute approximate surface area is 83.9 Å². The van der Waals surface area contributed by atoms with E-state index in [1.54, 1.807) is 0 Å². The highest BCUT2D eigenvalue weighted by Crippen LogP contribution is 2.40. The normalized spacial score (nSPS) is 27.3. The molecule has 2 rings (SSSR count). The predicted molar refractivity (Wildman–Crippen MR) is 52.1 cm³/mol. The van der Waals surface area contributed by atoms with E-state index in [1.807, 2.05) is 24.3 Å². The molecule has 0 aliphatic heterocycles. The molecule has 0 spiro atoms. The Morgan fingerprint density at radius 2 is 2.00 bits per heavy atom. The third-order valence-corrected chi connectivity index (χ3v) is 3.81. The first-order chi connectivity index (χ1) is 5.72. The number of ketones is 1. The number of hydrogen-bond acceptors (Lipinski definition) is 1. The lowest BCUT2D eigenvalue weighted by atomic mass is 10.1. The minimum absolute atomic E-state index is 0.0224. The summed E-state index contributed by atoms with van der Waals surface area (Å²) in [5.74, 6) is 0.0224. The average Bonchev–Trinajstić information content (AvgIpc) is 2.33. The van der Waals surface area contributed by atoms with E-state index in [0.717, 1.165) is 11.1 Å². The van der Waals surface area contributed by atoms with Crippen molar-refractivity contribution in [2.24, 2.45) is 0 Å². The second-order valence-electron chi connectivity index (χ2n) is 2.76. The largest absolute Gasteiger partial charge is 0.292 e. The van der Waals surface area contributed by atoms with Gasteiger partial charge in [-0.2, -0.15) is 0 Å². The van der Waals surface area contributed by atoms with Gasteiger partial charge in [0.05, 0.1) is 4.83 Å².